The van der Waals surface area contributed by atoms with Crippen LogP contribution in [0.1, 0.15) is 44.7 Å². The monoisotopic (exact) mass is 511 g/mol. The summed E-state index contributed by atoms with van der Waals surface area (Å²) >= 11 is 0. The molecule has 0 bridgehead atoms. The van der Waals surface area contributed by atoms with E-state index in [2.05, 4.69) is 16.0 Å². The Kier molecular flexibility index (Phi) is 9.10. The molecule has 3 N–H and O–H groups in total. The molecule has 0 unspecified atom stereocenters. The molecular formula is C27H33N3O7. The van der Waals surface area contributed by atoms with Crippen molar-refractivity contribution >= 4 is 24.1 Å². The molecule has 0 saturated carbocycles. The Hall–Kier alpha value is -4.08. The molecule has 0 fully saturated rings. The molecule has 2 aromatic carbocycles. The molecule has 0 aromatic heterocycles. The number of fused-ring (bicyclic) bond motifs is 3. The van der Waals surface area contributed by atoms with Gasteiger partial charge in [-0.25, -0.2) is 14.4 Å². The average Bonchev–Trinajstić information content (AvgIpc) is 3.16. The molecule has 2 aromatic rings. The first-order valence-electron chi connectivity index (χ1n) is 12.1. The van der Waals surface area contributed by atoms with E-state index in [-0.39, 0.29) is 32.2 Å². The normalized spacial score (nSPS) is 13.0. The van der Waals surface area contributed by atoms with Crippen molar-refractivity contribution in [2.24, 2.45) is 0 Å². The third-order valence-corrected chi connectivity index (χ3v) is 5.50. The Morgan fingerprint density at radius 1 is 0.865 bits per heavy atom. The Labute approximate surface area is 216 Å². The highest BCUT2D eigenvalue weighted by Gasteiger charge is 2.30. The minimum Gasteiger partial charge on any atom is -0.464 e. The van der Waals surface area contributed by atoms with Crippen molar-refractivity contribution in [1.82, 2.24) is 16.0 Å². The van der Waals surface area contributed by atoms with Gasteiger partial charge in [-0.1, -0.05) is 48.5 Å². The van der Waals surface area contributed by atoms with Gasteiger partial charge < -0.3 is 30.2 Å². The van der Waals surface area contributed by atoms with Gasteiger partial charge >= 0.3 is 18.2 Å². The second-order valence-corrected chi connectivity index (χ2v) is 9.43. The zero-order valence-corrected chi connectivity index (χ0v) is 21.5. The minimum absolute atomic E-state index is 0.0710. The zero-order valence-electron chi connectivity index (χ0n) is 21.5. The Bertz CT molecular complexity index is 1100. The maximum Gasteiger partial charge on any atom is 0.408 e. The number of hydrogen-bond acceptors (Lipinski definition) is 7. The van der Waals surface area contributed by atoms with E-state index >= 15 is 0 Å². The molecule has 1 aliphatic rings. The minimum atomic E-state index is -1.18. The molecule has 3 amide bonds. The number of hydrogen-bond donors (Lipinski definition) is 3. The van der Waals surface area contributed by atoms with E-state index in [1.807, 2.05) is 48.5 Å². The topological polar surface area (TPSA) is 132 Å². The number of amides is 3. The second kappa shape index (κ2) is 12.2. The van der Waals surface area contributed by atoms with Crippen molar-refractivity contribution in [3.05, 3.63) is 59.7 Å². The molecule has 10 heteroatoms. The summed E-state index contributed by atoms with van der Waals surface area (Å²) in [5.41, 5.74) is 3.60. The van der Waals surface area contributed by atoms with E-state index in [1.54, 1.807) is 27.7 Å². The molecule has 0 heterocycles. The van der Waals surface area contributed by atoms with Crippen LogP contribution in [0.15, 0.2) is 48.5 Å². The number of ether oxygens (including phenoxy) is 3. The zero-order chi connectivity index (χ0) is 27.0. The van der Waals surface area contributed by atoms with Gasteiger partial charge in [0, 0.05) is 12.5 Å². The fourth-order valence-electron chi connectivity index (χ4n) is 3.96. The summed E-state index contributed by atoms with van der Waals surface area (Å²) in [6, 6.07) is 14.7. The van der Waals surface area contributed by atoms with E-state index in [0.717, 1.165) is 22.3 Å². The molecule has 37 heavy (non-hydrogen) atoms. The maximum absolute atomic E-state index is 12.6. The fraction of sp³-hybridized carbons (Fsp3) is 0.407. The lowest BCUT2D eigenvalue weighted by atomic mass is 9.98. The van der Waals surface area contributed by atoms with Crippen LogP contribution in [0.3, 0.4) is 0 Å². The van der Waals surface area contributed by atoms with Crippen molar-refractivity contribution in [3.63, 3.8) is 0 Å². The molecule has 1 atom stereocenters. The number of carbonyl (C=O) groups is 4. The Morgan fingerprint density at radius 2 is 1.46 bits per heavy atom. The predicted molar refractivity (Wildman–Crippen MR) is 136 cm³/mol. The average molecular weight is 512 g/mol. The Balaban J connectivity index is 1.55. The summed E-state index contributed by atoms with van der Waals surface area (Å²) in [7, 11) is 0. The van der Waals surface area contributed by atoms with Gasteiger partial charge in [-0.15, -0.1) is 0 Å². The molecule has 198 valence electrons. The standard InChI is InChI=1S/C27H33N3O7/c1-5-35-24(32)22(14-28-23(31)15-29-25(33)37-27(2,3)4)30-26(34)36-16-21-19-12-8-6-10-17(19)18-11-7-9-13-20(18)21/h6-13,21-22H,5,14-16H2,1-4H3,(H,28,31)(H,29,33)(H,30,34)/t22-/m0/s1. The maximum atomic E-state index is 12.6. The summed E-state index contributed by atoms with van der Waals surface area (Å²) in [6.45, 7) is 6.28. The van der Waals surface area contributed by atoms with Gasteiger partial charge in [0.05, 0.1) is 13.2 Å². The summed E-state index contributed by atoms with van der Waals surface area (Å²) in [5.74, 6) is -1.44. The lowest BCUT2D eigenvalue weighted by Gasteiger charge is -2.20. The van der Waals surface area contributed by atoms with Crippen molar-refractivity contribution in [2.45, 2.75) is 45.3 Å². The summed E-state index contributed by atoms with van der Waals surface area (Å²) in [6.07, 6.45) is -1.57. The van der Waals surface area contributed by atoms with Crippen LogP contribution in [0.5, 0.6) is 0 Å². The van der Waals surface area contributed by atoms with Crippen LogP contribution in [0, 0.1) is 0 Å². The molecule has 0 saturated heterocycles. The lowest BCUT2D eigenvalue weighted by molar-refractivity contribution is -0.145. The van der Waals surface area contributed by atoms with Crippen LogP contribution in [-0.4, -0.2) is 62.0 Å². The first-order valence-corrected chi connectivity index (χ1v) is 12.1. The van der Waals surface area contributed by atoms with Crippen LogP contribution in [-0.2, 0) is 23.8 Å². The van der Waals surface area contributed by atoms with Gasteiger partial charge in [0.2, 0.25) is 5.91 Å². The second-order valence-electron chi connectivity index (χ2n) is 9.43. The molecule has 3 rings (SSSR count). The molecule has 10 nitrogen and oxygen atoms in total. The van der Waals surface area contributed by atoms with Gasteiger partial charge in [-0.3, -0.25) is 4.79 Å². The lowest BCUT2D eigenvalue weighted by Crippen LogP contribution is -2.50. The van der Waals surface area contributed by atoms with Crippen LogP contribution in [0.25, 0.3) is 11.1 Å². The largest absolute Gasteiger partial charge is 0.464 e. The fourth-order valence-corrected chi connectivity index (χ4v) is 3.96. The van der Waals surface area contributed by atoms with Crippen molar-refractivity contribution in [2.75, 3.05) is 26.3 Å². The number of benzene rings is 2. The number of carbonyl (C=O) groups excluding carboxylic acids is 4. The molecule has 0 radical (unpaired) electrons. The number of esters is 1. The van der Waals surface area contributed by atoms with E-state index in [4.69, 9.17) is 14.2 Å². The van der Waals surface area contributed by atoms with E-state index < -0.39 is 35.7 Å². The smallest absolute Gasteiger partial charge is 0.408 e. The first-order chi connectivity index (χ1) is 17.6. The van der Waals surface area contributed by atoms with Crippen LogP contribution < -0.4 is 16.0 Å². The van der Waals surface area contributed by atoms with E-state index in [0.29, 0.717) is 0 Å². The quantitative estimate of drug-likeness (QED) is 0.348. The SMILES string of the molecule is CCOC(=O)[C@H](CNC(=O)CNC(=O)OC(C)(C)C)NC(=O)OCC1c2ccccc2-c2ccccc21. The molecule has 0 aliphatic heterocycles. The summed E-state index contributed by atoms with van der Waals surface area (Å²) in [4.78, 5) is 48.8. The van der Waals surface area contributed by atoms with Crippen LogP contribution >= 0.6 is 0 Å². The van der Waals surface area contributed by atoms with Crippen molar-refractivity contribution in [3.8, 4) is 11.1 Å². The van der Waals surface area contributed by atoms with Gasteiger partial charge in [0.15, 0.2) is 0 Å². The van der Waals surface area contributed by atoms with E-state index in [9.17, 15) is 19.2 Å². The first kappa shape index (κ1) is 27.5. The molecular weight excluding hydrogens is 478 g/mol. The highest BCUT2D eigenvalue weighted by atomic mass is 16.6. The third-order valence-electron chi connectivity index (χ3n) is 5.50. The van der Waals surface area contributed by atoms with Gasteiger partial charge in [0.1, 0.15) is 18.2 Å². The van der Waals surface area contributed by atoms with Gasteiger partial charge in [-0.05, 0) is 49.9 Å². The van der Waals surface area contributed by atoms with Crippen molar-refractivity contribution < 1.29 is 33.4 Å². The van der Waals surface area contributed by atoms with Crippen LogP contribution in [0.4, 0.5) is 9.59 Å². The number of rotatable bonds is 9. The highest BCUT2D eigenvalue weighted by Crippen LogP contribution is 2.44. The Morgan fingerprint density at radius 3 is 2.03 bits per heavy atom. The summed E-state index contributed by atoms with van der Waals surface area (Å²) < 4.78 is 15.6. The predicted octanol–water partition coefficient (Wildman–Crippen LogP) is 3.10. The van der Waals surface area contributed by atoms with E-state index in [1.165, 1.54) is 0 Å². The highest BCUT2D eigenvalue weighted by molar-refractivity contribution is 5.85. The van der Waals surface area contributed by atoms with Crippen molar-refractivity contribution in [1.29, 1.82) is 0 Å². The third kappa shape index (κ3) is 7.70. The van der Waals surface area contributed by atoms with Gasteiger partial charge in [0.25, 0.3) is 0 Å². The van der Waals surface area contributed by atoms with Crippen LogP contribution in [0.2, 0.25) is 0 Å². The number of alkyl carbamates (subject to hydrolysis) is 2. The molecule has 0 spiro atoms. The summed E-state index contributed by atoms with van der Waals surface area (Å²) in [5, 5.41) is 7.28. The van der Waals surface area contributed by atoms with Gasteiger partial charge in [-0.2, -0.15) is 0 Å². The molecule has 1 aliphatic carbocycles. The number of nitrogens with one attached hydrogen (secondary N) is 3.